The number of aryl methyl sites for hydroxylation is 2. The molecule has 0 radical (unpaired) electrons. The summed E-state index contributed by atoms with van der Waals surface area (Å²) in [6.45, 7) is 4.06. The summed E-state index contributed by atoms with van der Waals surface area (Å²) in [6, 6.07) is 11.5. The number of fused-ring (bicyclic) bond motifs is 1. The molecule has 0 aliphatic heterocycles. The molecular formula is C18H18N2O2S. The quantitative estimate of drug-likeness (QED) is 0.565. The zero-order valence-electron chi connectivity index (χ0n) is 13.3. The summed E-state index contributed by atoms with van der Waals surface area (Å²) in [5, 5.41) is 0.741. The molecule has 23 heavy (non-hydrogen) atoms. The molecule has 1 aromatic heterocycles. The lowest BCUT2D eigenvalue weighted by molar-refractivity contribution is 0.102. The Labute approximate surface area is 139 Å². The zero-order chi connectivity index (χ0) is 16.4. The van der Waals surface area contributed by atoms with Crippen LogP contribution in [-0.2, 0) is 0 Å². The summed E-state index contributed by atoms with van der Waals surface area (Å²) in [4.78, 5) is 20.0. The molecule has 0 atom stereocenters. The Morgan fingerprint density at radius 1 is 1.17 bits per heavy atom. The normalized spacial score (nSPS) is 10.9. The van der Waals surface area contributed by atoms with E-state index in [0.29, 0.717) is 5.75 Å². The topological polar surface area (TPSA) is 55.0 Å². The molecule has 0 aliphatic rings. The summed E-state index contributed by atoms with van der Waals surface area (Å²) in [7, 11) is 1.63. The van der Waals surface area contributed by atoms with Gasteiger partial charge in [-0.2, -0.15) is 0 Å². The van der Waals surface area contributed by atoms with Crippen molar-refractivity contribution < 1.29 is 9.53 Å². The molecule has 1 N–H and O–H groups in total. The van der Waals surface area contributed by atoms with Gasteiger partial charge in [0.15, 0.2) is 10.9 Å². The third-order valence-electron chi connectivity index (χ3n) is 3.84. The maximum Gasteiger partial charge on any atom is 0.173 e. The first-order valence-electron chi connectivity index (χ1n) is 7.34. The number of aromatic nitrogens is 2. The highest BCUT2D eigenvalue weighted by atomic mass is 32.2. The minimum atomic E-state index is 0.108. The van der Waals surface area contributed by atoms with Crippen LogP contribution in [0.15, 0.2) is 41.6 Å². The van der Waals surface area contributed by atoms with Crippen LogP contribution in [0.4, 0.5) is 0 Å². The number of ether oxygens (including phenoxy) is 1. The second kappa shape index (κ2) is 6.46. The number of benzene rings is 2. The number of imidazole rings is 1. The number of hydrogen-bond donors (Lipinski definition) is 1. The van der Waals surface area contributed by atoms with Gasteiger partial charge in [0.25, 0.3) is 0 Å². The molecule has 0 aliphatic carbocycles. The van der Waals surface area contributed by atoms with Crippen LogP contribution in [-0.4, -0.2) is 28.6 Å². The zero-order valence-corrected chi connectivity index (χ0v) is 14.2. The van der Waals surface area contributed by atoms with E-state index in [9.17, 15) is 4.79 Å². The Bertz CT molecular complexity index is 871. The molecule has 5 heteroatoms. The molecule has 0 saturated heterocycles. The van der Waals surface area contributed by atoms with Crippen molar-refractivity contribution >= 4 is 28.6 Å². The minimum absolute atomic E-state index is 0.108. The van der Waals surface area contributed by atoms with Crippen LogP contribution in [0.25, 0.3) is 11.0 Å². The smallest absolute Gasteiger partial charge is 0.173 e. The van der Waals surface area contributed by atoms with E-state index in [2.05, 4.69) is 9.97 Å². The molecule has 2 aromatic carbocycles. The second-order valence-electron chi connectivity index (χ2n) is 5.44. The van der Waals surface area contributed by atoms with Gasteiger partial charge in [-0.15, -0.1) is 0 Å². The molecular weight excluding hydrogens is 308 g/mol. The Hall–Kier alpha value is -2.27. The van der Waals surface area contributed by atoms with Gasteiger partial charge < -0.3 is 9.72 Å². The Morgan fingerprint density at radius 3 is 2.74 bits per heavy atom. The number of H-pyrrole nitrogens is 1. The maximum absolute atomic E-state index is 12.3. The van der Waals surface area contributed by atoms with Gasteiger partial charge in [-0.1, -0.05) is 23.9 Å². The standard InChI is InChI=1S/C18H18N2O2S/c1-11-4-5-13(8-12(11)2)17(21)10-23-18-19-15-7-6-14(22-3)9-16(15)20-18/h4-9H,10H2,1-3H3,(H,19,20). The molecule has 0 bridgehead atoms. The first-order chi connectivity index (χ1) is 11.1. The largest absolute Gasteiger partial charge is 0.497 e. The lowest BCUT2D eigenvalue weighted by Crippen LogP contribution is -2.03. The van der Waals surface area contributed by atoms with Crippen LogP contribution in [0.5, 0.6) is 5.75 Å². The molecule has 0 fully saturated rings. The highest BCUT2D eigenvalue weighted by Gasteiger charge is 2.10. The van der Waals surface area contributed by atoms with Crippen LogP contribution < -0.4 is 4.74 Å². The Kier molecular flexibility index (Phi) is 4.39. The number of nitrogens with one attached hydrogen (secondary N) is 1. The third-order valence-corrected chi connectivity index (χ3v) is 4.71. The summed E-state index contributed by atoms with van der Waals surface area (Å²) in [5.74, 6) is 1.25. The number of aromatic amines is 1. The molecule has 3 aromatic rings. The van der Waals surface area contributed by atoms with Crippen LogP contribution in [0, 0.1) is 13.8 Å². The molecule has 0 spiro atoms. The number of carbonyl (C=O) groups is 1. The van der Waals surface area contributed by atoms with Crippen LogP contribution in [0.2, 0.25) is 0 Å². The third kappa shape index (κ3) is 3.40. The first-order valence-corrected chi connectivity index (χ1v) is 8.32. The van der Waals surface area contributed by atoms with Gasteiger partial charge in [0.1, 0.15) is 5.75 Å². The minimum Gasteiger partial charge on any atom is -0.497 e. The molecule has 4 nitrogen and oxygen atoms in total. The van der Waals surface area contributed by atoms with Crippen molar-refractivity contribution in [3.8, 4) is 5.75 Å². The fourth-order valence-electron chi connectivity index (χ4n) is 2.29. The van der Waals surface area contributed by atoms with Crippen molar-refractivity contribution in [1.82, 2.24) is 9.97 Å². The molecule has 0 saturated carbocycles. The van der Waals surface area contributed by atoms with Crippen molar-refractivity contribution in [3.63, 3.8) is 0 Å². The monoisotopic (exact) mass is 326 g/mol. The summed E-state index contributed by atoms with van der Waals surface area (Å²) in [6.07, 6.45) is 0. The lowest BCUT2D eigenvalue weighted by atomic mass is 10.0. The molecule has 0 amide bonds. The fraction of sp³-hybridized carbons (Fsp3) is 0.222. The van der Waals surface area contributed by atoms with E-state index < -0.39 is 0 Å². The predicted molar refractivity (Wildman–Crippen MR) is 93.6 cm³/mol. The number of hydrogen-bond acceptors (Lipinski definition) is 4. The molecule has 0 unspecified atom stereocenters. The molecule has 3 rings (SSSR count). The van der Waals surface area contributed by atoms with Crippen molar-refractivity contribution in [2.24, 2.45) is 0 Å². The number of rotatable bonds is 5. The average molecular weight is 326 g/mol. The van der Waals surface area contributed by atoms with Gasteiger partial charge in [0.05, 0.1) is 23.9 Å². The van der Waals surface area contributed by atoms with Crippen molar-refractivity contribution in [2.75, 3.05) is 12.9 Å². The van der Waals surface area contributed by atoms with Gasteiger partial charge in [-0.3, -0.25) is 4.79 Å². The number of nitrogens with zero attached hydrogens (tertiary/aromatic N) is 1. The highest BCUT2D eigenvalue weighted by molar-refractivity contribution is 7.99. The Morgan fingerprint density at radius 2 is 2.00 bits per heavy atom. The van der Waals surface area contributed by atoms with Gasteiger partial charge in [0.2, 0.25) is 0 Å². The van der Waals surface area contributed by atoms with Crippen LogP contribution >= 0.6 is 11.8 Å². The second-order valence-corrected chi connectivity index (χ2v) is 6.40. The highest BCUT2D eigenvalue weighted by Crippen LogP contribution is 2.24. The van der Waals surface area contributed by atoms with Crippen molar-refractivity contribution in [3.05, 3.63) is 53.1 Å². The van der Waals surface area contributed by atoms with E-state index in [1.807, 2.05) is 50.2 Å². The summed E-state index contributed by atoms with van der Waals surface area (Å²) < 4.78 is 5.20. The van der Waals surface area contributed by atoms with Crippen LogP contribution in [0.3, 0.4) is 0 Å². The average Bonchev–Trinajstić information content (AvgIpc) is 2.96. The number of ketones is 1. The van der Waals surface area contributed by atoms with Crippen molar-refractivity contribution in [1.29, 1.82) is 0 Å². The van der Waals surface area contributed by atoms with Gasteiger partial charge in [-0.25, -0.2) is 4.98 Å². The van der Waals surface area contributed by atoms with Crippen LogP contribution in [0.1, 0.15) is 21.5 Å². The fourth-order valence-corrected chi connectivity index (χ4v) is 3.07. The lowest BCUT2D eigenvalue weighted by Gasteiger charge is -2.03. The van der Waals surface area contributed by atoms with Gasteiger partial charge >= 0.3 is 0 Å². The summed E-state index contributed by atoms with van der Waals surface area (Å²) >= 11 is 1.42. The van der Waals surface area contributed by atoms with Gasteiger partial charge in [-0.05, 0) is 43.2 Å². The number of Topliss-reactive ketones (excluding diaryl/α,β-unsaturated/α-hetero) is 1. The van der Waals surface area contributed by atoms with E-state index in [1.54, 1.807) is 7.11 Å². The van der Waals surface area contributed by atoms with E-state index in [4.69, 9.17) is 4.74 Å². The van der Waals surface area contributed by atoms with Gasteiger partial charge in [0, 0.05) is 11.6 Å². The summed E-state index contributed by atoms with van der Waals surface area (Å²) in [5.41, 5.74) is 4.85. The first kappa shape index (κ1) is 15.6. The van der Waals surface area contributed by atoms with Crippen molar-refractivity contribution in [2.45, 2.75) is 19.0 Å². The van der Waals surface area contributed by atoms with E-state index >= 15 is 0 Å². The number of carbonyl (C=O) groups excluding carboxylic acids is 1. The molecule has 118 valence electrons. The molecule has 1 heterocycles. The van der Waals surface area contributed by atoms with E-state index in [-0.39, 0.29) is 5.78 Å². The SMILES string of the molecule is COc1ccc2nc(SCC(=O)c3ccc(C)c(C)c3)[nH]c2c1. The van der Waals surface area contributed by atoms with E-state index in [0.717, 1.165) is 33.1 Å². The van der Waals surface area contributed by atoms with E-state index in [1.165, 1.54) is 17.3 Å². The number of methoxy groups -OCH3 is 1. The Balaban J connectivity index is 1.72. The maximum atomic E-state index is 12.3. The number of thioether (sulfide) groups is 1. The predicted octanol–water partition coefficient (Wildman–Crippen LogP) is 4.16.